The highest BCUT2D eigenvalue weighted by Gasteiger charge is 2.20. The van der Waals surface area contributed by atoms with Gasteiger partial charge in [0.25, 0.3) is 0 Å². The SMILES string of the molecule is CCCCC/C=C\C/C=C\CCCCCCCCCCCC(=O)OCC/C=C\C/C=C\CCCCCCCCCCCCCCCCC(=O)NC(CO)C(O)CCCCCCCCCCCCCCCC. The van der Waals surface area contributed by atoms with Crippen molar-refractivity contribution in [2.45, 2.75) is 341 Å². The molecule has 0 aromatic rings. The fourth-order valence-corrected chi connectivity index (χ4v) is 9.57. The van der Waals surface area contributed by atoms with Crippen LogP contribution in [0.25, 0.3) is 0 Å². The van der Waals surface area contributed by atoms with Crippen LogP contribution in [0.1, 0.15) is 328 Å². The van der Waals surface area contributed by atoms with E-state index >= 15 is 0 Å². The van der Waals surface area contributed by atoms with E-state index in [1.165, 1.54) is 238 Å². The van der Waals surface area contributed by atoms with Crippen molar-refractivity contribution in [2.75, 3.05) is 13.2 Å². The zero-order valence-electron chi connectivity index (χ0n) is 47.5. The zero-order chi connectivity index (χ0) is 51.4. The summed E-state index contributed by atoms with van der Waals surface area (Å²) in [4.78, 5) is 24.5. The molecule has 1 amide bonds. The Morgan fingerprint density at radius 1 is 0.394 bits per heavy atom. The Kier molecular flexibility index (Phi) is 58.5. The third kappa shape index (κ3) is 57.0. The lowest BCUT2D eigenvalue weighted by atomic mass is 10.0. The minimum absolute atomic E-state index is 0.0391. The first-order valence-corrected chi connectivity index (χ1v) is 31.4. The number of allylic oxidation sites excluding steroid dienone is 7. The highest BCUT2D eigenvalue weighted by atomic mass is 16.5. The highest BCUT2D eigenvalue weighted by Crippen LogP contribution is 2.17. The molecule has 416 valence electrons. The van der Waals surface area contributed by atoms with Gasteiger partial charge in [0.2, 0.25) is 5.91 Å². The van der Waals surface area contributed by atoms with Gasteiger partial charge in [-0.1, -0.05) is 287 Å². The molecule has 0 saturated heterocycles. The lowest BCUT2D eigenvalue weighted by Gasteiger charge is -2.22. The van der Waals surface area contributed by atoms with Crippen molar-refractivity contribution in [3.8, 4) is 0 Å². The van der Waals surface area contributed by atoms with Crippen LogP contribution in [-0.4, -0.2) is 47.4 Å². The predicted molar refractivity (Wildman–Crippen MR) is 310 cm³/mol. The van der Waals surface area contributed by atoms with Crippen molar-refractivity contribution >= 4 is 11.9 Å². The number of esters is 1. The number of amides is 1. The summed E-state index contributed by atoms with van der Waals surface area (Å²) in [6, 6.07) is -0.546. The summed E-state index contributed by atoms with van der Waals surface area (Å²) < 4.78 is 5.43. The second-order valence-corrected chi connectivity index (χ2v) is 21.4. The molecule has 0 aliphatic carbocycles. The summed E-state index contributed by atoms with van der Waals surface area (Å²) in [5.74, 6) is -0.0783. The number of hydrogen-bond acceptors (Lipinski definition) is 5. The summed E-state index contributed by atoms with van der Waals surface area (Å²) in [6.07, 6.45) is 77.0. The van der Waals surface area contributed by atoms with Crippen molar-refractivity contribution in [1.29, 1.82) is 0 Å². The second kappa shape index (κ2) is 60.4. The number of aliphatic hydroxyl groups is 2. The van der Waals surface area contributed by atoms with Gasteiger partial charge in [-0.15, -0.1) is 0 Å². The lowest BCUT2D eigenvalue weighted by molar-refractivity contribution is -0.143. The van der Waals surface area contributed by atoms with Crippen LogP contribution in [0.5, 0.6) is 0 Å². The van der Waals surface area contributed by atoms with Crippen LogP contribution >= 0.6 is 0 Å². The maximum atomic E-state index is 12.5. The number of ether oxygens (including phenoxy) is 1. The monoisotopic (exact) mass is 996 g/mol. The number of aliphatic hydroxyl groups excluding tert-OH is 2. The highest BCUT2D eigenvalue weighted by molar-refractivity contribution is 5.76. The van der Waals surface area contributed by atoms with E-state index in [1.54, 1.807) is 0 Å². The molecular weight excluding hydrogens is 875 g/mol. The first-order valence-electron chi connectivity index (χ1n) is 31.4. The van der Waals surface area contributed by atoms with Crippen LogP contribution in [0.3, 0.4) is 0 Å². The summed E-state index contributed by atoms with van der Waals surface area (Å²) in [7, 11) is 0. The van der Waals surface area contributed by atoms with Crippen LogP contribution in [0.15, 0.2) is 48.6 Å². The summed E-state index contributed by atoms with van der Waals surface area (Å²) >= 11 is 0. The van der Waals surface area contributed by atoms with Gasteiger partial charge in [0.1, 0.15) is 0 Å². The van der Waals surface area contributed by atoms with Crippen molar-refractivity contribution in [3.63, 3.8) is 0 Å². The van der Waals surface area contributed by atoms with Crippen molar-refractivity contribution in [2.24, 2.45) is 0 Å². The van der Waals surface area contributed by atoms with Gasteiger partial charge in [-0.25, -0.2) is 0 Å². The van der Waals surface area contributed by atoms with Gasteiger partial charge in [-0.3, -0.25) is 9.59 Å². The molecule has 0 aromatic carbocycles. The van der Waals surface area contributed by atoms with E-state index < -0.39 is 12.1 Å². The summed E-state index contributed by atoms with van der Waals surface area (Å²) in [5.41, 5.74) is 0. The molecule has 0 radical (unpaired) electrons. The van der Waals surface area contributed by atoms with E-state index in [0.717, 1.165) is 57.8 Å². The standard InChI is InChI=1S/C65H121NO5/c1-3-5-7-9-11-13-15-17-19-20-24-28-31-35-39-43-47-51-55-59-65(70)71-60-56-52-48-44-40-36-32-29-26-23-21-22-25-27-30-34-38-42-46-50-54-58-64(69)66-62(61-67)63(68)57-53-49-45-41-37-33-18-16-14-12-10-8-6-4-2/h11,13,17,19,36,40,48,52,62-63,67-68H,3-10,12,14-16,18,20-35,37-39,41-47,49-51,53-61H2,1-2H3,(H,66,69)/b13-11-,19-17-,40-36-,52-48-. The quantitative estimate of drug-likeness (QED) is 0.0321. The third-order valence-corrected chi connectivity index (χ3v) is 14.4. The van der Waals surface area contributed by atoms with E-state index in [4.69, 9.17) is 4.74 Å². The molecular formula is C65H121NO5. The first-order chi connectivity index (χ1) is 35.0. The molecule has 3 N–H and O–H groups in total. The topological polar surface area (TPSA) is 95.9 Å². The fraction of sp³-hybridized carbons (Fsp3) is 0.846. The number of carbonyl (C=O) groups is 2. The van der Waals surface area contributed by atoms with E-state index in [1.807, 2.05) is 0 Å². The predicted octanol–water partition coefficient (Wildman–Crippen LogP) is 19.7. The third-order valence-electron chi connectivity index (χ3n) is 14.4. The number of nitrogens with one attached hydrogen (secondary N) is 1. The van der Waals surface area contributed by atoms with Gasteiger partial charge >= 0.3 is 5.97 Å². The van der Waals surface area contributed by atoms with Gasteiger partial charge in [0, 0.05) is 12.8 Å². The Labute approximate surface area is 442 Å². The average Bonchev–Trinajstić information content (AvgIpc) is 3.37. The van der Waals surface area contributed by atoms with Crippen LogP contribution < -0.4 is 5.32 Å². The Bertz CT molecular complexity index is 1190. The molecule has 2 unspecified atom stereocenters. The molecule has 6 heteroatoms. The Morgan fingerprint density at radius 3 is 1.10 bits per heavy atom. The molecule has 0 aromatic heterocycles. The molecule has 0 bridgehead atoms. The van der Waals surface area contributed by atoms with Crippen LogP contribution in [0.4, 0.5) is 0 Å². The Morgan fingerprint density at radius 2 is 0.704 bits per heavy atom. The van der Waals surface area contributed by atoms with E-state index in [-0.39, 0.29) is 18.5 Å². The summed E-state index contributed by atoms with van der Waals surface area (Å²) in [6.45, 7) is 4.83. The van der Waals surface area contributed by atoms with Crippen molar-refractivity contribution in [3.05, 3.63) is 48.6 Å². The van der Waals surface area contributed by atoms with Gasteiger partial charge in [0.15, 0.2) is 0 Å². The molecule has 0 rings (SSSR count). The van der Waals surface area contributed by atoms with E-state index in [0.29, 0.717) is 25.9 Å². The van der Waals surface area contributed by atoms with Gasteiger partial charge in [0.05, 0.1) is 25.4 Å². The minimum Gasteiger partial charge on any atom is -0.465 e. The fourth-order valence-electron chi connectivity index (χ4n) is 9.57. The number of unbranched alkanes of at least 4 members (excludes halogenated alkanes) is 39. The molecule has 0 spiro atoms. The molecule has 71 heavy (non-hydrogen) atoms. The average molecular weight is 997 g/mol. The molecule has 0 aliphatic heterocycles. The largest absolute Gasteiger partial charge is 0.465 e. The van der Waals surface area contributed by atoms with Crippen LogP contribution in [0.2, 0.25) is 0 Å². The Balaban J connectivity index is 3.44. The molecule has 0 heterocycles. The number of rotatable bonds is 58. The molecule has 0 fully saturated rings. The number of carbonyl (C=O) groups excluding carboxylic acids is 2. The van der Waals surface area contributed by atoms with Gasteiger partial charge in [-0.2, -0.15) is 0 Å². The van der Waals surface area contributed by atoms with Crippen LogP contribution in [-0.2, 0) is 14.3 Å². The maximum Gasteiger partial charge on any atom is 0.305 e. The lowest BCUT2D eigenvalue weighted by Crippen LogP contribution is -2.45. The Hall–Kier alpha value is -2.18. The summed E-state index contributed by atoms with van der Waals surface area (Å²) in [5, 5.41) is 23.3. The van der Waals surface area contributed by atoms with Crippen molar-refractivity contribution in [1.82, 2.24) is 5.32 Å². The maximum absolute atomic E-state index is 12.5. The molecule has 0 saturated carbocycles. The molecule has 2 atom stereocenters. The zero-order valence-corrected chi connectivity index (χ0v) is 47.5. The van der Waals surface area contributed by atoms with Gasteiger partial charge < -0.3 is 20.3 Å². The minimum atomic E-state index is -0.668. The first kappa shape index (κ1) is 68.8. The normalized spacial score (nSPS) is 12.9. The second-order valence-electron chi connectivity index (χ2n) is 21.4. The van der Waals surface area contributed by atoms with Gasteiger partial charge in [-0.05, 0) is 77.0 Å². The van der Waals surface area contributed by atoms with Crippen LogP contribution in [0, 0.1) is 0 Å². The van der Waals surface area contributed by atoms with E-state index in [9.17, 15) is 19.8 Å². The molecule has 0 aliphatic rings. The number of hydrogen-bond donors (Lipinski definition) is 3. The smallest absolute Gasteiger partial charge is 0.305 e. The van der Waals surface area contributed by atoms with E-state index in [2.05, 4.69) is 67.8 Å². The molecule has 6 nitrogen and oxygen atoms in total. The van der Waals surface area contributed by atoms with Crippen molar-refractivity contribution < 1.29 is 24.5 Å².